The van der Waals surface area contributed by atoms with Crippen molar-refractivity contribution in [3.63, 3.8) is 0 Å². The number of carbonyl (C=O) groups excluding carboxylic acids is 1. The van der Waals surface area contributed by atoms with Crippen LogP contribution < -0.4 is 10.6 Å². The van der Waals surface area contributed by atoms with E-state index in [0.717, 1.165) is 19.5 Å². The van der Waals surface area contributed by atoms with Gasteiger partial charge in [0.15, 0.2) is 0 Å². The van der Waals surface area contributed by atoms with Gasteiger partial charge in [0.05, 0.1) is 4.92 Å². The van der Waals surface area contributed by atoms with E-state index in [1.807, 2.05) is 0 Å². The molecule has 1 heterocycles. The van der Waals surface area contributed by atoms with Crippen LogP contribution in [0.3, 0.4) is 0 Å². The summed E-state index contributed by atoms with van der Waals surface area (Å²) in [6.45, 7) is 3.23. The van der Waals surface area contributed by atoms with E-state index >= 15 is 0 Å². The van der Waals surface area contributed by atoms with Gasteiger partial charge in [-0.25, -0.2) is 0 Å². The Morgan fingerprint density at radius 1 is 1.56 bits per heavy atom. The van der Waals surface area contributed by atoms with Crippen molar-refractivity contribution in [2.45, 2.75) is 19.4 Å². The molecule has 2 rings (SSSR count). The maximum atomic E-state index is 12.0. The Morgan fingerprint density at radius 2 is 2.33 bits per heavy atom. The molecule has 1 amide bonds. The van der Waals surface area contributed by atoms with E-state index in [1.165, 1.54) is 12.1 Å². The van der Waals surface area contributed by atoms with Crippen LogP contribution in [0.2, 0.25) is 0 Å². The number of nitrogens with one attached hydrogen (secondary N) is 2. The maximum Gasteiger partial charge on any atom is 0.273 e. The third kappa shape index (κ3) is 2.48. The fourth-order valence-electron chi connectivity index (χ4n) is 2.11. The van der Waals surface area contributed by atoms with E-state index in [1.54, 1.807) is 13.0 Å². The summed E-state index contributed by atoms with van der Waals surface area (Å²) >= 11 is 0. The van der Waals surface area contributed by atoms with Gasteiger partial charge in [-0.1, -0.05) is 6.07 Å². The van der Waals surface area contributed by atoms with Gasteiger partial charge in [0, 0.05) is 29.8 Å². The molecule has 6 nitrogen and oxygen atoms in total. The van der Waals surface area contributed by atoms with Crippen LogP contribution >= 0.6 is 0 Å². The molecular weight excluding hydrogens is 234 g/mol. The average Bonchev–Trinajstić information content (AvgIpc) is 2.81. The van der Waals surface area contributed by atoms with Gasteiger partial charge in [0.25, 0.3) is 11.6 Å². The molecule has 0 spiro atoms. The number of hydrogen-bond donors (Lipinski definition) is 2. The van der Waals surface area contributed by atoms with Crippen molar-refractivity contribution < 1.29 is 9.72 Å². The Kier molecular flexibility index (Phi) is 3.57. The zero-order valence-corrected chi connectivity index (χ0v) is 10.1. The third-order valence-electron chi connectivity index (χ3n) is 3.14. The molecule has 1 aromatic carbocycles. The van der Waals surface area contributed by atoms with E-state index in [0.29, 0.717) is 11.1 Å². The van der Waals surface area contributed by atoms with Crippen LogP contribution in [0.25, 0.3) is 0 Å². The predicted molar refractivity (Wildman–Crippen MR) is 66.6 cm³/mol. The highest BCUT2D eigenvalue weighted by molar-refractivity contribution is 5.96. The molecule has 0 aliphatic carbocycles. The summed E-state index contributed by atoms with van der Waals surface area (Å²) < 4.78 is 0. The Balaban J connectivity index is 2.19. The minimum absolute atomic E-state index is 0.0211. The summed E-state index contributed by atoms with van der Waals surface area (Å²) in [6.07, 6.45) is 0.889. The number of benzene rings is 1. The van der Waals surface area contributed by atoms with Crippen LogP contribution in [-0.4, -0.2) is 30.0 Å². The lowest BCUT2D eigenvalue weighted by Crippen LogP contribution is -2.36. The molecule has 1 aliphatic rings. The van der Waals surface area contributed by atoms with Crippen LogP contribution in [0.4, 0.5) is 5.69 Å². The highest BCUT2D eigenvalue weighted by atomic mass is 16.6. The second-order valence-electron chi connectivity index (χ2n) is 4.37. The van der Waals surface area contributed by atoms with Gasteiger partial charge in [-0.2, -0.15) is 0 Å². The van der Waals surface area contributed by atoms with Crippen molar-refractivity contribution in [3.05, 3.63) is 39.4 Å². The molecule has 2 N–H and O–H groups in total. The lowest BCUT2D eigenvalue weighted by Gasteiger charge is -2.12. The molecule has 6 heteroatoms. The predicted octanol–water partition coefficient (Wildman–Crippen LogP) is 0.995. The summed E-state index contributed by atoms with van der Waals surface area (Å²) in [5, 5.41) is 16.8. The summed E-state index contributed by atoms with van der Waals surface area (Å²) in [5.41, 5.74) is 0.759. The standard InChI is InChI=1S/C12H15N3O3/c1-8-10(3-2-4-11(8)15(17)18)12(16)14-9-5-6-13-7-9/h2-4,9,13H,5-7H2,1H3,(H,14,16). The number of amides is 1. The summed E-state index contributed by atoms with van der Waals surface area (Å²) in [6, 6.07) is 4.66. The van der Waals surface area contributed by atoms with E-state index < -0.39 is 4.92 Å². The van der Waals surface area contributed by atoms with Crippen LogP contribution in [0.5, 0.6) is 0 Å². The minimum Gasteiger partial charge on any atom is -0.348 e. The minimum atomic E-state index is -0.469. The zero-order valence-electron chi connectivity index (χ0n) is 10.1. The molecule has 96 valence electrons. The number of rotatable bonds is 3. The van der Waals surface area contributed by atoms with Crippen molar-refractivity contribution in [3.8, 4) is 0 Å². The van der Waals surface area contributed by atoms with Crippen LogP contribution in [0, 0.1) is 17.0 Å². The highest BCUT2D eigenvalue weighted by Crippen LogP contribution is 2.21. The monoisotopic (exact) mass is 249 g/mol. The molecule has 1 saturated heterocycles. The van der Waals surface area contributed by atoms with Gasteiger partial charge in [-0.3, -0.25) is 14.9 Å². The van der Waals surface area contributed by atoms with Gasteiger partial charge in [0.1, 0.15) is 0 Å². The van der Waals surface area contributed by atoms with Crippen LogP contribution in [0.1, 0.15) is 22.3 Å². The zero-order chi connectivity index (χ0) is 13.1. The molecule has 1 fully saturated rings. The summed E-state index contributed by atoms with van der Waals surface area (Å²) in [4.78, 5) is 22.4. The Bertz CT molecular complexity index is 481. The largest absolute Gasteiger partial charge is 0.348 e. The Morgan fingerprint density at radius 3 is 2.94 bits per heavy atom. The highest BCUT2D eigenvalue weighted by Gasteiger charge is 2.21. The molecule has 1 unspecified atom stereocenters. The van der Waals surface area contributed by atoms with Crippen molar-refractivity contribution in [2.24, 2.45) is 0 Å². The van der Waals surface area contributed by atoms with Gasteiger partial charge >= 0.3 is 0 Å². The first-order valence-electron chi connectivity index (χ1n) is 5.85. The molecular formula is C12H15N3O3. The molecule has 0 bridgehead atoms. The average molecular weight is 249 g/mol. The number of nitro benzene ring substituents is 1. The molecule has 1 aromatic rings. The lowest BCUT2D eigenvalue weighted by atomic mass is 10.1. The normalized spacial score (nSPS) is 18.6. The van der Waals surface area contributed by atoms with E-state index in [4.69, 9.17) is 0 Å². The van der Waals surface area contributed by atoms with Crippen LogP contribution in [-0.2, 0) is 0 Å². The first-order chi connectivity index (χ1) is 8.59. The number of carbonyl (C=O) groups is 1. The number of nitro groups is 1. The Labute approximate surface area is 105 Å². The van der Waals surface area contributed by atoms with E-state index in [-0.39, 0.29) is 17.6 Å². The van der Waals surface area contributed by atoms with Gasteiger partial charge in [0.2, 0.25) is 0 Å². The Hall–Kier alpha value is -1.95. The summed E-state index contributed by atoms with van der Waals surface area (Å²) in [5.74, 6) is -0.245. The molecule has 0 saturated carbocycles. The SMILES string of the molecule is Cc1c(C(=O)NC2CCNC2)cccc1[N+](=O)[O-]. The van der Waals surface area contributed by atoms with E-state index in [2.05, 4.69) is 10.6 Å². The summed E-state index contributed by atoms with van der Waals surface area (Å²) in [7, 11) is 0. The van der Waals surface area contributed by atoms with Crippen LogP contribution in [0.15, 0.2) is 18.2 Å². The molecule has 18 heavy (non-hydrogen) atoms. The van der Waals surface area contributed by atoms with Gasteiger partial charge < -0.3 is 10.6 Å². The second-order valence-corrected chi connectivity index (χ2v) is 4.37. The van der Waals surface area contributed by atoms with Crippen molar-refractivity contribution in [1.82, 2.24) is 10.6 Å². The molecule has 1 aliphatic heterocycles. The quantitative estimate of drug-likeness (QED) is 0.618. The fraction of sp³-hybridized carbons (Fsp3) is 0.417. The molecule has 0 aromatic heterocycles. The molecule has 1 atom stereocenters. The smallest absolute Gasteiger partial charge is 0.273 e. The van der Waals surface area contributed by atoms with Crippen molar-refractivity contribution >= 4 is 11.6 Å². The molecule has 0 radical (unpaired) electrons. The lowest BCUT2D eigenvalue weighted by molar-refractivity contribution is -0.385. The second kappa shape index (κ2) is 5.14. The third-order valence-corrected chi connectivity index (χ3v) is 3.14. The van der Waals surface area contributed by atoms with Crippen molar-refractivity contribution in [2.75, 3.05) is 13.1 Å². The van der Waals surface area contributed by atoms with E-state index in [9.17, 15) is 14.9 Å². The number of nitrogens with zero attached hydrogens (tertiary/aromatic N) is 1. The van der Waals surface area contributed by atoms with Crippen molar-refractivity contribution in [1.29, 1.82) is 0 Å². The first kappa shape index (κ1) is 12.5. The fourth-order valence-corrected chi connectivity index (χ4v) is 2.11. The first-order valence-corrected chi connectivity index (χ1v) is 5.85. The number of hydrogen-bond acceptors (Lipinski definition) is 4. The maximum absolute atomic E-state index is 12.0. The topological polar surface area (TPSA) is 84.3 Å². The van der Waals surface area contributed by atoms with Gasteiger partial charge in [-0.15, -0.1) is 0 Å². The van der Waals surface area contributed by atoms with Gasteiger partial charge in [-0.05, 0) is 26.0 Å².